The number of nitrogens with zero attached hydrogens (tertiary/aromatic N) is 3. The Morgan fingerprint density at radius 1 is 0.829 bits per heavy atom. The van der Waals surface area contributed by atoms with Crippen LogP contribution in [0.5, 0.6) is 11.5 Å². The molecule has 0 aliphatic carbocycles. The summed E-state index contributed by atoms with van der Waals surface area (Å²) >= 11 is 6.56. The van der Waals surface area contributed by atoms with Gasteiger partial charge in [0, 0.05) is 24.8 Å². The second-order valence-electron chi connectivity index (χ2n) is 8.62. The van der Waals surface area contributed by atoms with Gasteiger partial charge in [0.1, 0.15) is 18.3 Å². The Bertz CT molecular complexity index is 1400. The van der Waals surface area contributed by atoms with Gasteiger partial charge in [0.05, 0.1) is 6.10 Å². The Hall–Kier alpha value is -3.83. The second kappa shape index (κ2) is 10.2. The number of rotatable bonds is 8. The fourth-order valence-corrected chi connectivity index (χ4v) is 4.34. The molecule has 1 unspecified atom stereocenters. The van der Waals surface area contributed by atoms with Crippen LogP contribution in [0.4, 0.5) is 0 Å². The highest BCUT2D eigenvalue weighted by Gasteiger charge is 2.23. The SMILES string of the molecule is CC(C)Oc1ccc(C(c2nccnc2Cl)n2cc3ccccc3c2)cc1OCc1ccccc1. The van der Waals surface area contributed by atoms with Crippen LogP contribution in [0, 0.1) is 0 Å². The standard InChI is InChI=1S/C29H26ClN3O2/c1-20(2)35-25-13-12-22(16-26(25)34-19-21-8-4-3-5-9-21)28(27-29(30)32-15-14-31-27)33-17-23-10-6-7-11-24(23)18-33/h3-18,20,28H,19H2,1-2H3. The van der Waals surface area contributed by atoms with Crippen molar-refractivity contribution in [2.75, 3.05) is 0 Å². The molecule has 0 aliphatic heterocycles. The quantitative estimate of drug-likeness (QED) is 0.236. The molecule has 0 aliphatic rings. The summed E-state index contributed by atoms with van der Waals surface area (Å²) in [5, 5.41) is 2.64. The highest BCUT2D eigenvalue weighted by atomic mass is 35.5. The van der Waals surface area contributed by atoms with Crippen LogP contribution in [0.25, 0.3) is 10.8 Å². The van der Waals surface area contributed by atoms with Gasteiger partial charge < -0.3 is 14.0 Å². The molecule has 2 aromatic heterocycles. The largest absolute Gasteiger partial charge is 0.487 e. The first kappa shape index (κ1) is 22.9. The zero-order valence-corrected chi connectivity index (χ0v) is 20.4. The van der Waals surface area contributed by atoms with E-state index < -0.39 is 0 Å². The molecular weight excluding hydrogens is 458 g/mol. The lowest BCUT2D eigenvalue weighted by Crippen LogP contribution is -2.14. The summed E-state index contributed by atoms with van der Waals surface area (Å²) in [7, 11) is 0. The Labute approximate surface area is 209 Å². The molecule has 0 saturated heterocycles. The summed E-state index contributed by atoms with van der Waals surface area (Å²) in [5.74, 6) is 1.36. The zero-order chi connectivity index (χ0) is 24.2. The van der Waals surface area contributed by atoms with E-state index in [1.807, 2.05) is 74.5 Å². The molecular formula is C29H26ClN3O2. The van der Waals surface area contributed by atoms with Gasteiger partial charge in [0.2, 0.25) is 0 Å². The monoisotopic (exact) mass is 483 g/mol. The average Bonchev–Trinajstić information content (AvgIpc) is 3.29. The molecule has 5 rings (SSSR count). The molecule has 0 saturated carbocycles. The molecule has 6 heteroatoms. The lowest BCUT2D eigenvalue weighted by atomic mass is 10.0. The van der Waals surface area contributed by atoms with Crippen LogP contribution in [0.3, 0.4) is 0 Å². The first-order chi connectivity index (χ1) is 17.1. The maximum absolute atomic E-state index is 6.56. The van der Waals surface area contributed by atoms with Crippen molar-refractivity contribution < 1.29 is 9.47 Å². The minimum Gasteiger partial charge on any atom is -0.487 e. The van der Waals surface area contributed by atoms with Gasteiger partial charge in [-0.1, -0.05) is 72.3 Å². The summed E-state index contributed by atoms with van der Waals surface area (Å²) in [6.07, 6.45) is 7.49. The number of ether oxygens (including phenoxy) is 2. The Morgan fingerprint density at radius 3 is 2.20 bits per heavy atom. The van der Waals surface area contributed by atoms with Crippen LogP contribution >= 0.6 is 11.6 Å². The number of hydrogen-bond donors (Lipinski definition) is 0. The third-order valence-electron chi connectivity index (χ3n) is 5.69. The van der Waals surface area contributed by atoms with E-state index in [-0.39, 0.29) is 12.1 Å². The van der Waals surface area contributed by atoms with Crippen molar-refractivity contribution in [3.8, 4) is 11.5 Å². The van der Waals surface area contributed by atoms with Gasteiger partial charge in [0.25, 0.3) is 0 Å². The van der Waals surface area contributed by atoms with Crippen LogP contribution in [-0.2, 0) is 6.61 Å². The van der Waals surface area contributed by atoms with Gasteiger partial charge in [-0.15, -0.1) is 0 Å². The van der Waals surface area contributed by atoms with Crippen molar-refractivity contribution in [1.82, 2.24) is 14.5 Å². The third-order valence-corrected chi connectivity index (χ3v) is 5.98. The summed E-state index contributed by atoms with van der Waals surface area (Å²) in [4.78, 5) is 8.90. The number of hydrogen-bond acceptors (Lipinski definition) is 4. The fourth-order valence-electron chi connectivity index (χ4n) is 4.13. The van der Waals surface area contributed by atoms with E-state index in [2.05, 4.69) is 39.1 Å². The van der Waals surface area contributed by atoms with E-state index >= 15 is 0 Å². The first-order valence-electron chi connectivity index (χ1n) is 11.6. The lowest BCUT2D eigenvalue weighted by molar-refractivity contribution is 0.218. The molecule has 0 fully saturated rings. The molecule has 5 aromatic rings. The van der Waals surface area contributed by atoms with Crippen molar-refractivity contribution in [2.45, 2.75) is 32.6 Å². The molecule has 35 heavy (non-hydrogen) atoms. The fraction of sp³-hybridized carbons (Fsp3) is 0.172. The topological polar surface area (TPSA) is 49.2 Å². The third kappa shape index (κ3) is 5.15. The van der Waals surface area contributed by atoms with E-state index in [1.54, 1.807) is 12.4 Å². The van der Waals surface area contributed by atoms with Crippen molar-refractivity contribution in [1.29, 1.82) is 0 Å². The predicted molar refractivity (Wildman–Crippen MR) is 139 cm³/mol. The Morgan fingerprint density at radius 2 is 1.51 bits per heavy atom. The normalized spacial score (nSPS) is 12.1. The van der Waals surface area contributed by atoms with E-state index in [1.165, 1.54) is 0 Å². The molecule has 0 bridgehead atoms. The zero-order valence-electron chi connectivity index (χ0n) is 19.6. The molecule has 3 aromatic carbocycles. The van der Waals surface area contributed by atoms with E-state index in [9.17, 15) is 0 Å². The number of halogens is 1. The van der Waals surface area contributed by atoms with Crippen molar-refractivity contribution in [3.63, 3.8) is 0 Å². The Balaban J connectivity index is 1.60. The van der Waals surface area contributed by atoms with Crippen molar-refractivity contribution in [3.05, 3.63) is 120 Å². The maximum Gasteiger partial charge on any atom is 0.162 e. The summed E-state index contributed by atoms with van der Waals surface area (Å²) in [6, 6.07) is 24.0. The van der Waals surface area contributed by atoms with Gasteiger partial charge in [0.15, 0.2) is 16.7 Å². The van der Waals surface area contributed by atoms with E-state index in [0.29, 0.717) is 29.0 Å². The molecule has 0 radical (unpaired) electrons. The maximum atomic E-state index is 6.56. The average molecular weight is 484 g/mol. The van der Waals surface area contributed by atoms with Gasteiger partial charge in [-0.3, -0.25) is 4.98 Å². The van der Waals surface area contributed by atoms with E-state index in [4.69, 9.17) is 21.1 Å². The molecule has 0 amide bonds. The Kier molecular flexibility index (Phi) is 6.68. The molecule has 5 nitrogen and oxygen atoms in total. The highest BCUT2D eigenvalue weighted by Crippen LogP contribution is 2.37. The number of fused-ring (bicyclic) bond motifs is 1. The lowest BCUT2D eigenvalue weighted by Gasteiger charge is -2.22. The molecule has 176 valence electrons. The van der Waals surface area contributed by atoms with Crippen molar-refractivity contribution >= 4 is 22.4 Å². The van der Waals surface area contributed by atoms with Crippen LogP contribution in [-0.4, -0.2) is 20.6 Å². The predicted octanol–water partition coefficient (Wildman–Crippen LogP) is 7.09. The van der Waals surface area contributed by atoms with Gasteiger partial charge in [-0.05, 0) is 47.9 Å². The van der Waals surface area contributed by atoms with Crippen molar-refractivity contribution in [2.24, 2.45) is 0 Å². The summed E-state index contributed by atoms with van der Waals surface area (Å²) in [5.41, 5.74) is 2.71. The van der Waals surface area contributed by atoms with Crippen LogP contribution < -0.4 is 9.47 Å². The van der Waals surface area contributed by atoms with E-state index in [0.717, 1.165) is 21.9 Å². The first-order valence-corrected chi connectivity index (χ1v) is 12.0. The minimum absolute atomic E-state index is 0.0138. The van der Waals surface area contributed by atoms with Crippen LogP contribution in [0.2, 0.25) is 5.15 Å². The minimum atomic E-state index is -0.296. The number of benzene rings is 3. The second-order valence-corrected chi connectivity index (χ2v) is 8.97. The van der Waals surface area contributed by atoms with Crippen LogP contribution in [0.15, 0.2) is 97.6 Å². The molecule has 0 spiro atoms. The summed E-state index contributed by atoms with van der Waals surface area (Å²) < 4.78 is 14.5. The molecule has 0 N–H and O–H groups in total. The van der Waals surface area contributed by atoms with Gasteiger partial charge in [-0.25, -0.2) is 4.98 Å². The summed E-state index contributed by atoms with van der Waals surface area (Å²) in [6.45, 7) is 4.44. The highest BCUT2D eigenvalue weighted by molar-refractivity contribution is 6.30. The molecule has 1 atom stereocenters. The van der Waals surface area contributed by atoms with Gasteiger partial charge in [-0.2, -0.15) is 0 Å². The smallest absolute Gasteiger partial charge is 0.162 e. The van der Waals surface area contributed by atoms with Gasteiger partial charge >= 0.3 is 0 Å². The molecule has 2 heterocycles. The van der Waals surface area contributed by atoms with Crippen LogP contribution in [0.1, 0.15) is 36.7 Å². The number of aromatic nitrogens is 3.